The molecule has 5 atom stereocenters. The highest BCUT2D eigenvalue weighted by molar-refractivity contribution is 4.89. The predicted molar refractivity (Wildman–Crippen MR) is 65.9 cm³/mol. The first kappa shape index (κ1) is 17.2. The van der Waals surface area contributed by atoms with Crippen LogP contribution in [0.5, 0.6) is 0 Å². The first-order valence-corrected chi connectivity index (χ1v) is 5.66. The van der Waals surface area contributed by atoms with Crippen LogP contribution in [0.4, 0.5) is 0 Å². The molecule has 1 unspecified atom stereocenters. The van der Waals surface area contributed by atoms with Gasteiger partial charge in [-0.2, -0.15) is 0 Å². The van der Waals surface area contributed by atoms with Crippen LogP contribution in [0.15, 0.2) is 25.3 Å². The quantitative estimate of drug-likeness (QED) is 0.309. The first-order chi connectivity index (χ1) is 8.49. The molecule has 0 rings (SSSR count). The van der Waals surface area contributed by atoms with Crippen LogP contribution in [0.2, 0.25) is 0 Å². The van der Waals surface area contributed by atoms with Gasteiger partial charge in [0.05, 0.1) is 19.3 Å². The highest BCUT2D eigenvalue weighted by Crippen LogP contribution is 2.14. The highest BCUT2D eigenvalue weighted by atomic mass is 16.5. The third kappa shape index (κ3) is 5.26. The Balaban J connectivity index is 4.56. The van der Waals surface area contributed by atoms with E-state index in [-0.39, 0.29) is 13.0 Å². The lowest BCUT2D eigenvalue weighted by Crippen LogP contribution is -2.50. The summed E-state index contributed by atoms with van der Waals surface area (Å²) in [6.07, 6.45) is -3.79. The van der Waals surface area contributed by atoms with Crippen molar-refractivity contribution in [2.45, 2.75) is 36.9 Å². The van der Waals surface area contributed by atoms with Crippen molar-refractivity contribution < 1.29 is 30.3 Å². The number of ether oxygens (including phenoxy) is 1. The second-order valence-corrected chi connectivity index (χ2v) is 3.91. The lowest BCUT2D eigenvalue weighted by Gasteiger charge is -2.30. The van der Waals surface area contributed by atoms with Crippen LogP contribution in [-0.2, 0) is 4.74 Å². The van der Waals surface area contributed by atoms with Crippen LogP contribution in [0.25, 0.3) is 0 Å². The van der Waals surface area contributed by atoms with Crippen molar-refractivity contribution in [3.05, 3.63) is 25.3 Å². The molecule has 0 aromatic rings. The van der Waals surface area contributed by atoms with Gasteiger partial charge < -0.3 is 30.3 Å². The molecule has 0 saturated carbocycles. The molecule has 0 bridgehead atoms. The van der Waals surface area contributed by atoms with Gasteiger partial charge in [-0.3, -0.25) is 0 Å². The van der Waals surface area contributed by atoms with Gasteiger partial charge in [0.1, 0.15) is 24.4 Å². The molecular formula is C12H22O6. The molecule has 0 radical (unpaired) electrons. The maximum Gasteiger partial charge on any atom is 0.111 e. The number of hydrogen-bond acceptors (Lipinski definition) is 6. The average molecular weight is 262 g/mol. The van der Waals surface area contributed by atoms with Crippen molar-refractivity contribution in [3.63, 3.8) is 0 Å². The fourth-order valence-corrected chi connectivity index (χ4v) is 1.42. The molecule has 6 nitrogen and oxygen atoms in total. The normalized spacial score (nSPS) is 19.6. The van der Waals surface area contributed by atoms with E-state index >= 15 is 0 Å². The molecule has 18 heavy (non-hydrogen) atoms. The summed E-state index contributed by atoms with van der Waals surface area (Å²) in [5.41, 5.74) is 0. The molecular weight excluding hydrogens is 240 g/mol. The summed E-state index contributed by atoms with van der Waals surface area (Å²) in [6.45, 7) is 6.40. The van der Waals surface area contributed by atoms with Gasteiger partial charge in [-0.25, -0.2) is 0 Å². The van der Waals surface area contributed by atoms with Crippen LogP contribution in [-0.4, -0.2) is 69.3 Å². The van der Waals surface area contributed by atoms with Crippen LogP contribution in [0.1, 0.15) is 6.42 Å². The second kappa shape index (κ2) is 9.21. The minimum atomic E-state index is -1.66. The Labute approximate surface area is 106 Å². The summed E-state index contributed by atoms with van der Waals surface area (Å²) >= 11 is 0. The zero-order chi connectivity index (χ0) is 14.1. The van der Waals surface area contributed by atoms with Crippen LogP contribution < -0.4 is 0 Å². The molecule has 0 saturated heterocycles. The van der Waals surface area contributed by atoms with E-state index in [2.05, 4.69) is 13.2 Å². The Morgan fingerprint density at radius 2 is 1.56 bits per heavy atom. The third-order valence-corrected chi connectivity index (χ3v) is 2.49. The minimum absolute atomic E-state index is 0.168. The molecule has 6 heteroatoms. The lowest BCUT2D eigenvalue weighted by atomic mass is 9.97. The Morgan fingerprint density at radius 1 is 0.944 bits per heavy atom. The van der Waals surface area contributed by atoms with Crippen molar-refractivity contribution in [1.82, 2.24) is 0 Å². The Hall–Kier alpha value is -0.760. The van der Waals surface area contributed by atoms with E-state index in [1.807, 2.05) is 0 Å². The fourth-order valence-electron chi connectivity index (χ4n) is 1.42. The molecule has 0 heterocycles. The van der Waals surface area contributed by atoms with Gasteiger partial charge in [-0.15, -0.1) is 13.2 Å². The number of hydrogen-bond donors (Lipinski definition) is 5. The van der Waals surface area contributed by atoms with E-state index < -0.39 is 37.1 Å². The van der Waals surface area contributed by atoms with Crippen LogP contribution in [0, 0.1) is 0 Å². The number of aliphatic hydroxyl groups excluding tert-OH is 5. The van der Waals surface area contributed by atoms with Crippen molar-refractivity contribution in [1.29, 1.82) is 0 Å². The first-order valence-electron chi connectivity index (χ1n) is 5.66. The van der Waals surface area contributed by atoms with E-state index in [1.54, 1.807) is 0 Å². The Morgan fingerprint density at radius 3 is 2.00 bits per heavy atom. The molecule has 0 fully saturated rings. The standard InChI is InChI=1S/C12H22O6/c1-3-5-9(18-6-4-2)11(16)12(17)10(15)8(14)7-13/h3-4,8-17H,1-2,5-7H2/t8-,9?,10-,11+,12+/m1/s1. The van der Waals surface area contributed by atoms with Crippen molar-refractivity contribution in [2.75, 3.05) is 13.2 Å². The number of aliphatic hydroxyl groups is 5. The largest absolute Gasteiger partial charge is 0.394 e. The van der Waals surface area contributed by atoms with E-state index in [4.69, 9.17) is 9.84 Å². The summed E-state index contributed by atoms with van der Waals surface area (Å²) in [5, 5.41) is 46.8. The van der Waals surface area contributed by atoms with Gasteiger partial charge in [0.15, 0.2) is 0 Å². The predicted octanol–water partition coefficient (Wildman–Crippen LogP) is -1.43. The molecule has 5 N–H and O–H groups in total. The molecule has 106 valence electrons. The topological polar surface area (TPSA) is 110 Å². The summed E-state index contributed by atoms with van der Waals surface area (Å²) in [4.78, 5) is 0. The van der Waals surface area contributed by atoms with Gasteiger partial charge in [-0.05, 0) is 6.42 Å². The maximum atomic E-state index is 9.84. The number of rotatable bonds is 10. The fraction of sp³-hybridized carbons (Fsp3) is 0.667. The Kier molecular flexibility index (Phi) is 8.82. The zero-order valence-corrected chi connectivity index (χ0v) is 10.2. The molecule has 0 aliphatic rings. The molecule has 0 amide bonds. The zero-order valence-electron chi connectivity index (χ0n) is 10.2. The summed E-state index contributed by atoms with van der Waals surface area (Å²) in [5.74, 6) is 0. The maximum absolute atomic E-state index is 9.84. The minimum Gasteiger partial charge on any atom is -0.394 e. The second-order valence-electron chi connectivity index (χ2n) is 3.91. The lowest BCUT2D eigenvalue weighted by molar-refractivity contribution is -0.147. The van der Waals surface area contributed by atoms with E-state index in [9.17, 15) is 20.4 Å². The third-order valence-electron chi connectivity index (χ3n) is 2.49. The Bertz CT molecular complexity index is 245. The smallest absolute Gasteiger partial charge is 0.111 e. The van der Waals surface area contributed by atoms with E-state index in [0.717, 1.165) is 0 Å². The summed E-state index contributed by atoms with van der Waals surface area (Å²) in [7, 11) is 0. The molecule has 0 aliphatic carbocycles. The van der Waals surface area contributed by atoms with E-state index in [1.165, 1.54) is 12.2 Å². The van der Waals surface area contributed by atoms with Crippen molar-refractivity contribution >= 4 is 0 Å². The van der Waals surface area contributed by atoms with Crippen LogP contribution in [0.3, 0.4) is 0 Å². The van der Waals surface area contributed by atoms with E-state index in [0.29, 0.717) is 0 Å². The van der Waals surface area contributed by atoms with Gasteiger partial charge in [0, 0.05) is 0 Å². The summed E-state index contributed by atoms with van der Waals surface area (Å²) in [6, 6.07) is 0. The molecule has 0 spiro atoms. The van der Waals surface area contributed by atoms with Gasteiger partial charge in [0.25, 0.3) is 0 Å². The molecule has 0 aromatic carbocycles. The highest BCUT2D eigenvalue weighted by Gasteiger charge is 2.34. The summed E-state index contributed by atoms with van der Waals surface area (Å²) < 4.78 is 5.22. The molecule has 0 aromatic heterocycles. The SMILES string of the molecule is C=CCOC(CC=C)[C@H](O)[C@@H](O)[C@H](O)[C@H](O)CO. The van der Waals surface area contributed by atoms with Crippen molar-refractivity contribution in [2.24, 2.45) is 0 Å². The molecule has 0 aliphatic heterocycles. The van der Waals surface area contributed by atoms with Gasteiger partial charge in [0.2, 0.25) is 0 Å². The van der Waals surface area contributed by atoms with Crippen LogP contribution >= 0.6 is 0 Å². The monoisotopic (exact) mass is 262 g/mol. The van der Waals surface area contributed by atoms with Gasteiger partial charge in [-0.1, -0.05) is 12.2 Å². The average Bonchev–Trinajstić information content (AvgIpc) is 2.39. The van der Waals surface area contributed by atoms with Gasteiger partial charge >= 0.3 is 0 Å². The van der Waals surface area contributed by atoms with Crippen molar-refractivity contribution in [3.8, 4) is 0 Å².